The van der Waals surface area contributed by atoms with Crippen LogP contribution in [0.5, 0.6) is 0 Å². The van der Waals surface area contributed by atoms with Gasteiger partial charge in [-0.05, 0) is 55.0 Å². The molecule has 2 aliphatic carbocycles. The topological polar surface area (TPSA) is 128 Å². The van der Waals surface area contributed by atoms with Crippen LogP contribution in [0.1, 0.15) is 65.1 Å². The number of rotatable bonds is 11. The van der Waals surface area contributed by atoms with Crippen molar-refractivity contribution in [2.24, 2.45) is 17.8 Å². The Labute approximate surface area is 286 Å². The summed E-state index contributed by atoms with van der Waals surface area (Å²) in [4.78, 5) is 69.6. The predicted octanol–water partition coefficient (Wildman–Crippen LogP) is 3.20. The lowest BCUT2D eigenvalue weighted by Gasteiger charge is -2.18. The zero-order chi connectivity index (χ0) is 34.1. The summed E-state index contributed by atoms with van der Waals surface area (Å²) in [6, 6.07) is 27.3. The lowest BCUT2D eigenvalue weighted by atomic mass is 9.94. The summed E-state index contributed by atoms with van der Waals surface area (Å²) in [6.07, 6.45) is 2.19. The van der Waals surface area contributed by atoms with Crippen molar-refractivity contribution in [2.45, 2.75) is 56.7 Å². The van der Waals surface area contributed by atoms with Crippen LogP contribution in [-0.2, 0) is 25.7 Å². The highest BCUT2D eigenvalue weighted by Crippen LogP contribution is 2.42. The smallest absolute Gasteiger partial charge is 0.253 e. The summed E-state index contributed by atoms with van der Waals surface area (Å²) < 4.78 is 0. The van der Waals surface area contributed by atoms with Gasteiger partial charge in [-0.1, -0.05) is 72.8 Å². The molecule has 3 aromatic carbocycles. The summed E-state index contributed by atoms with van der Waals surface area (Å²) >= 11 is 0. The van der Waals surface area contributed by atoms with E-state index in [4.69, 9.17) is 0 Å². The van der Waals surface area contributed by atoms with Crippen molar-refractivity contribution < 1.29 is 24.0 Å². The van der Waals surface area contributed by atoms with Gasteiger partial charge in [-0.15, -0.1) is 0 Å². The standard InChI is InChI=1S/C39H43N5O5/c1-2-40-35(45)28-17-18-43(39(28)49)21-24-13-15-27(16-14-24)38(48)44-22-31(36(46)41-33-19-29(33)25-9-5-3-6-10-25)32(23-44)37(47)42-34-20-30(34)26-11-7-4-8-12-26/h3-16,28-34H,2,17-23H2,1H3,(H,40,45)(H,41,46)(H,42,47)/t28?,29-,30-,31-,32-,33+,34+/m1/s1. The molecule has 1 unspecified atom stereocenters. The molecule has 10 nitrogen and oxygen atoms in total. The van der Waals surface area contributed by atoms with Gasteiger partial charge in [0.25, 0.3) is 5.91 Å². The molecule has 7 rings (SSSR count). The van der Waals surface area contributed by atoms with Gasteiger partial charge in [-0.25, -0.2) is 0 Å². The molecule has 7 atom stereocenters. The van der Waals surface area contributed by atoms with Crippen LogP contribution in [0.3, 0.4) is 0 Å². The molecule has 10 heteroatoms. The normalized spacial score (nSPS) is 27.0. The van der Waals surface area contributed by atoms with E-state index in [1.807, 2.05) is 55.5 Å². The maximum atomic E-state index is 13.8. The first-order valence-electron chi connectivity index (χ1n) is 17.5. The summed E-state index contributed by atoms with van der Waals surface area (Å²) in [6.45, 7) is 3.48. The van der Waals surface area contributed by atoms with Gasteiger partial charge in [0.05, 0.1) is 11.8 Å². The number of nitrogens with one attached hydrogen (secondary N) is 3. The Morgan fingerprint density at radius 1 is 0.714 bits per heavy atom. The Hall–Kier alpha value is -4.99. The molecule has 2 aliphatic heterocycles. The van der Waals surface area contributed by atoms with E-state index >= 15 is 0 Å². The molecule has 2 heterocycles. The van der Waals surface area contributed by atoms with Gasteiger partial charge >= 0.3 is 0 Å². The van der Waals surface area contributed by atoms with Gasteiger partial charge in [0.1, 0.15) is 5.92 Å². The highest BCUT2D eigenvalue weighted by Gasteiger charge is 2.49. The fourth-order valence-electron chi connectivity index (χ4n) is 7.52. The largest absolute Gasteiger partial charge is 0.356 e. The lowest BCUT2D eigenvalue weighted by molar-refractivity contribution is -0.138. The van der Waals surface area contributed by atoms with Crippen LogP contribution < -0.4 is 16.0 Å². The number of amides is 5. The van der Waals surface area contributed by atoms with Crippen LogP contribution in [-0.4, -0.2) is 77.6 Å². The summed E-state index contributed by atoms with van der Waals surface area (Å²) in [5, 5.41) is 9.09. The maximum absolute atomic E-state index is 13.8. The lowest BCUT2D eigenvalue weighted by Crippen LogP contribution is -2.43. The van der Waals surface area contributed by atoms with Crippen LogP contribution in [0.4, 0.5) is 0 Å². The molecule has 0 bridgehead atoms. The highest BCUT2D eigenvalue weighted by atomic mass is 16.2. The zero-order valence-corrected chi connectivity index (χ0v) is 27.7. The van der Waals surface area contributed by atoms with Crippen LogP contribution in [0, 0.1) is 17.8 Å². The SMILES string of the molecule is CCNC(=O)C1CCN(Cc2ccc(C(=O)N3C[C@@H](C(=O)N[C@H]4C[C@@H]4c4ccccc4)[C@H](C(=O)N[C@H]4C[C@@H]4c4ccccc4)C3)cc2)C1=O. The molecule has 2 saturated heterocycles. The molecule has 4 fully saturated rings. The van der Waals surface area contributed by atoms with Crippen LogP contribution in [0.2, 0.25) is 0 Å². The Kier molecular flexibility index (Phi) is 9.21. The molecule has 2 saturated carbocycles. The Bertz CT molecular complexity index is 1640. The van der Waals surface area contributed by atoms with E-state index in [0.29, 0.717) is 31.6 Å². The Morgan fingerprint density at radius 3 is 1.76 bits per heavy atom. The summed E-state index contributed by atoms with van der Waals surface area (Å²) in [5.74, 6) is -2.50. The minimum Gasteiger partial charge on any atom is -0.356 e. The summed E-state index contributed by atoms with van der Waals surface area (Å²) in [5.41, 5.74) is 3.68. The number of hydrogen-bond acceptors (Lipinski definition) is 5. The monoisotopic (exact) mass is 661 g/mol. The number of benzene rings is 3. The van der Waals surface area contributed by atoms with Gasteiger partial charge in [0.15, 0.2) is 0 Å². The third kappa shape index (κ3) is 7.09. The van der Waals surface area contributed by atoms with Crippen molar-refractivity contribution in [1.29, 1.82) is 0 Å². The van der Waals surface area contributed by atoms with E-state index in [9.17, 15) is 24.0 Å². The van der Waals surface area contributed by atoms with Gasteiger partial charge in [-0.3, -0.25) is 24.0 Å². The number of hydrogen-bond donors (Lipinski definition) is 3. The van der Waals surface area contributed by atoms with Gasteiger partial charge in [0.2, 0.25) is 23.6 Å². The van der Waals surface area contributed by atoms with E-state index in [2.05, 4.69) is 40.2 Å². The number of carbonyl (C=O) groups is 5. The second-order valence-electron chi connectivity index (χ2n) is 13.9. The molecule has 3 N–H and O–H groups in total. The van der Waals surface area contributed by atoms with Crippen molar-refractivity contribution >= 4 is 29.5 Å². The van der Waals surface area contributed by atoms with Crippen LogP contribution >= 0.6 is 0 Å². The second-order valence-corrected chi connectivity index (χ2v) is 13.9. The minimum atomic E-state index is -0.659. The first-order valence-corrected chi connectivity index (χ1v) is 17.5. The third-order valence-corrected chi connectivity index (χ3v) is 10.5. The van der Waals surface area contributed by atoms with Crippen molar-refractivity contribution in [3.05, 3.63) is 107 Å². The van der Waals surface area contributed by atoms with Crippen molar-refractivity contribution in [1.82, 2.24) is 25.8 Å². The van der Waals surface area contributed by atoms with E-state index in [-0.39, 0.29) is 66.5 Å². The van der Waals surface area contributed by atoms with Gasteiger partial charge in [0, 0.05) is 62.2 Å². The van der Waals surface area contributed by atoms with E-state index < -0.39 is 17.8 Å². The summed E-state index contributed by atoms with van der Waals surface area (Å²) in [7, 11) is 0. The fourth-order valence-corrected chi connectivity index (χ4v) is 7.52. The van der Waals surface area contributed by atoms with Crippen molar-refractivity contribution in [2.75, 3.05) is 26.2 Å². The molecule has 5 amide bonds. The van der Waals surface area contributed by atoms with Crippen molar-refractivity contribution in [3.8, 4) is 0 Å². The van der Waals surface area contributed by atoms with Crippen molar-refractivity contribution in [3.63, 3.8) is 0 Å². The predicted molar refractivity (Wildman–Crippen MR) is 183 cm³/mol. The molecule has 0 spiro atoms. The molecule has 0 aromatic heterocycles. The second kappa shape index (κ2) is 13.9. The zero-order valence-electron chi connectivity index (χ0n) is 27.7. The quantitative estimate of drug-likeness (QED) is 0.272. The Balaban J connectivity index is 1.00. The Morgan fingerprint density at radius 2 is 1.24 bits per heavy atom. The molecule has 254 valence electrons. The highest BCUT2D eigenvalue weighted by molar-refractivity contribution is 6.01. The number of likely N-dealkylation sites (tertiary alicyclic amines) is 2. The average molecular weight is 662 g/mol. The number of nitrogens with zero attached hydrogens (tertiary/aromatic N) is 2. The van der Waals surface area contributed by atoms with E-state index in [1.165, 1.54) is 11.1 Å². The maximum Gasteiger partial charge on any atom is 0.253 e. The molecule has 49 heavy (non-hydrogen) atoms. The fraction of sp³-hybridized carbons (Fsp3) is 0.410. The molecular weight excluding hydrogens is 618 g/mol. The van der Waals surface area contributed by atoms with Gasteiger partial charge < -0.3 is 25.8 Å². The first-order chi connectivity index (χ1) is 23.8. The third-order valence-electron chi connectivity index (χ3n) is 10.5. The van der Waals surface area contributed by atoms with Crippen LogP contribution in [0.15, 0.2) is 84.9 Å². The minimum absolute atomic E-state index is 0.0144. The molecule has 4 aliphatic rings. The average Bonchev–Trinajstić information content (AvgIpc) is 3.99. The van der Waals surface area contributed by atoms with Crippen LogP contribution in [0.25, 0.3) is 0 Å². The van der Waals surface area contributed by atoms with E-state index in [1.54, 1.807) is 21.9 Å². The number of carbonyl (C=O) groups excluding carboxylic acids is 5. The first kappa shape index (κ1) is 32.6. The molecular formula is C39H43N5O5. The molecule has 3 aromatic rings. The van der Waals surface area contributed by atoms with E-state index in [0.717, 1.165) is 18.4 Å². The molecule has 0 radical (unpaired) electrons. The van der Waals surface area contributed by atoms with Gasteiger partial charge in [-0.2, -0.15) is 0 Å².